The molecule has 0 saturated carbocycles. The van der Waals surface area contributed by atoms with Gasteiger partial charge < -0.3 is 16.0 Å². The molecular formula is C27H53N3. The fourth-order valence-corrected chi connectivity index (χ4v) is 1.99. The molecule has 2 rings (SSSR count). The number of benzene rings is 2. The predicted molar refractivity (Wildman–Crippen MR) is 143 cm³/mol. The molecular weight excluding hydrogens is 366 g/mol. The molecule has 0 amide bonds. The van der Waals surface area contributed by atoms with E-state index >= 15 is 0 Å². The highest BCUT2D eigenvalue weighted by atomic mass is 14.9. The molecule has 0 aromatic heterocycles. The lowest BCUT2D eigenvalue weighted by Gasteiger charge is -2.01. The van der Waals surface area contributed by atoms with Crippen molar-refractivity contribution in [1.29, 1.82) is 0 Å². The minimum atomic E-state index is 0. The topological polar surface area (TPSA) is 36.1 Å². The van der Waals surface area contributed by atoms with Gasteiger partial charge in [0, 0.05) is 12.2 Å². The molecule has 2 aromatic rings. The molecule has 0 aliphatic heterocycles. The molecule has 0 unspecified atom stereocenters. The van der Waals surface area contributed by atoms with E-state index in [1.165, 1.54) is 24.1 Å². The van der Waals surface area contributed by atoms with Crippen LogP contribution >= 0.6 is 0 Å². The smallest absolute Gasteiger partial charge is 0.0340 e. The zero-order valence-electron chi connectivity index (χ0n) is 20.5. The summed E-state index contributed by atoms with van der Waals surface area (Å²) in [5.74, 6) is 0. The fraction of sp³-hybridized carbons (Fsp3) is 0.556. The maximum atomic E-state index is 3.29. The Morgan fingerprint density at radius 2 is 1.03 bits per heavy atom. The molecule has 176 valence electrons. The Balaban J connectivity index is -0.000000160. The van der Waals surface area contributed by atoms with Crippen molar-refractivity contribution in [3.63, 3.8) is 0 Å². The third kappa shape index (κ3) is 28.4. The van der Waals surface area contributed by atoms with Gasteiger partial charge in [-0.05, 0) is 64.1 Å². The number of anilines is 1. The van der Waals surface area contributed by atoms with E-state index in [0.717, 1.165) is 26.1 Å². The maximum Gasteiger partial charge on any atom is 0.0340 e. The highest BCUT2D eigenvalue weighted by Crippen LogP contribution is 2.03. The second-order valence-electron chi connectivity index (χ2n) is 5.74. The Morgan fingerprint density at radius 1 is 0.600 bits per heavy atom. The van der Waals surface area contributed by atoms with E-state index in [9.17, 15) is 0 Å². The average Bonchev–Trinajstić information content (AvgIpc) is 2.82. The van der Waals surface area contributed by atoms with E-state index in [0.29, 0.717) is 0 Å². The molecule has 2 aromatic carbocycles. The Morgan fingerprint density at radius 3 is 1.40 bits per heavy atom. The van der Waals surface area contributed by atoms with Gasteiger partial charge in [0.05, 0.1) is 0 Å². The van der Waals surface area contributed by atoms with Crippen LogP contribution in [-0.2, 0) is 6.42 Å². The van der Waals surface area contributed by atoms with Crippen molar-refractivity contribution >= 4 is 5.69 Å². The van der Waals surface area contributed by atoms with Gasteiger partial charge in [0.2, 0.25) is 0 Å². The van der Waals surface area contributed by atoms with Crippen LogP contribution < -0.4 is 16.0 Å². The molecule has 3 nitrogen and oxygen atoms in total. The zero-order chi connectivity index (χ0) is 22.6. The molecule has 0 bridgehead atoms. The highest BCUT2D eigenvalue weighted by Gasteiger charge is 1.87. The van der Waals surface area contributed by atoms with Crippen LogP contribution in [0, 0.1) is 0 Å². The van der Waals surface area contributed by atoms with Gasteiger partial charge in [-0.2, -0.15) is 0 Å². The molecule has 3 N–H and O–H groups in total. The first kappa shape index (κ1) is 35.6. The number of nitrogens with one attached hydrogen (secondary N) is 3. The van der Waals surface area contributed by atoms with E-state index in [4.69, 9.17) is 0 Å². The number of para-hydroxylation sites is 1. The Kier molecular flexibility index (Phi) is 41.1. The molecule has 0 heterocycles. The number of hydrogen-bond donors (Lipinski definition) is 3. The van der Waals surface area contributed by atoms with Gasteiger partial charge in [-0.25, -0.2) is 0 Å². The number of hydrogen-bond acceptors (Lipinski definition) is 3. The quantitative estimate of drug-likeness (QED) is 0.421. The summed E-state index contributed by atoms with van der Waals surface area (Å²) >= 11 is 0. The summed E-state index contributed by atoms with van der Waals surface area (Å²) in [5.41, 5.74) is 2.61. The van der Waals surface area contributed by atoms with Gasteiger partial charge in [0.1, 0.15) is 0 Å². The van der Waals surface area contributed by atoms with Gasteiger partial charge >= 0.3 is 0 Å². The van der Waals surface area contributed by atoms with Crippen LogP contribution in [0.25, 0.3) is 0 Å². The molecule has 0 saturated heterocycles. The second-order valence-corrected chi connectivity index (χ2v) is 5.74. The lowest BCUT2D eigenvalue weighted by Crippen LogP contribution is -2.09. The molecule has 0 fully saturated rings. The molecule has 0 atom stereocenters. The third-order valence-corrected chi connectivity index (χ3v) is 3.36. The van der Waals surface area contributed by atoms with Crippen LogP contribution in [0.2, 0.25) is 0 Å². The van der Waals surface area contributed by atoms with E-state index < -0.39 is 0 Å². The monoisotopic (exact) mass is 419 g/mol. The Hall–Kier alpha value is -1.84. The standard InChI is InChI=1S/2C9H13N.C4H11N.2C2H6.CH4/c1-10-8-7-9-5-3-2-4-6-9;1-2-8-10-9-6-4-3-5-7-9;1-3-4-5-2;2*1-2;/h2-6,10H,7-8H2,1H3;3-7,10H,2,8H2,1H3;5H,3-4H2,1-2H3;2*1-2H3;1H4. The van der Waals surface area contributed by atoms with Gasteiger partial charge in [0.15, 0.2) is 0 Å². The lowest BCUT2D eigenvalue weighted by atomic mass is 10.2. The summed E-state index contributed by atoms with van der Waals surface area (Å²) in [4.78, 5) is 0. The molecule has 0 aliphatic carbocycles. The van der Waals surface area contributed by atoms with Crippen LogP contribution in [0.5, 0.6) is 0 Å². The van der Waals surface area contributed by atoms with Crippen LogP contribution in [-0.4, -0.2) is 33.7 Å². The number of likely N-dealkylation sites (N-methyl/N-ethyl adjacent to an activating group) is 1. The summed E-state index contributed by atoms with van der Waals surface area (Å²) in [7, 11) is 3.94. The molecule has 0 radical (unpaired) electrons. The Labute approximate surface area is 190 Å². The molecule has 0 aliphatic rings. The minimum Gasteiger partial charge on any atom is -0.385 e. The molecule has 3 heteroatoms. The van der Waals surface area contributed by atoms with Gasteiger partial charge in [0.25, 0.3) is 0 Å². The van der Waals surface area contributed by atoms with Crippen LogP contribution in [0.4, 0.5) is 5.69 Å². The lowest BCUT2D eigenvalue weighted by molar-refractivity contribution is 0.772. The van der Waals surface area contributed by atoms with Crippen LogP contribution in [0.1, 0.15) is 67.4 Å². The maximum absolute atomic E-state index is 3.29. The van der Waals surface area contributed by atoms with Crippen molar-refractivity contribution in [2.75, 3.05) is 39.0 Å². The SMILES string of the molecule is C.CC.CC.CCCNC.CCCNc1ccccc1.CNCCc1ccccc1. The fourth-order valence-electron chi connectivity index (χ4n) is 1.99. The van der Waals surface area contributed by atoms with Crippen molar-refractivity contribution < 1.29 is 0 Å². The van der Waals surface area contributed by atoms with Crippen molar-refractivity contribution in [1.82, 2.24) is 10.6 Å². The summed E-state index contributed by atoms with van der Waals surface area (Å²) in [5, 5.41) is 9.43. The first-order chi connectivity index (χ1) is 14.3. The van der Waals surface area contributed by atoms with Gasteiger partial charge in [-0.1, -0.05) is 97.5 Å². The van der Waals surface area contributed by atoms with Crippen molar-refractivity contribution in [3.05, 3.63) is 66.2 Å². The van der Waals surface area contributed by atoms with Crippen LogP contribution in [0.3, 0.4) is 0 Å². The van der Waals surface area contributed by atoms with E-state index in [1.54, 1.807) is 0 Å². The van der Waals surface area contributed by atoms with E-state index in [-0.39, 0.29) is 7.43 Å². The predicted octanol–water partition coefficient (Wildman–Crippen LogP) is 7.26. The summed E-state index contributed by atoms with van der Waals surface area (Å²) < 4.78 is 0. The minimum absolute atomic E-state index is 0. The summed E-state index contributed by atoms with van der Waals surface area (Å²) in [6.07, 6.45) is 3.53. The highest BCUT2D eigenvalue weighted by molar-refractivity contribution is 5.42. The Bertz CT molecular complexity index is 426. The third-order valence-electron chi connectivity index (χ3n) is 3.36. The first-order valence-corrected chi connectivity index (χ1v) is 11.4. The number of rotatable bonds is 8. The van der Waals surface area contributed by atoms with Gasteiger partial charge in [-0.3, -0.25) is 0 Å². The van der Waals surface area contributed by atoms with Crippen LogP contribution in [0.15, 0.2) is 60.7 Å². The van der Waals surface area contributed by atoms with Crippen molar-refractivity contribution in [2.24, 2.45) is 0 Å². The van der Waals surface area contributed by atoms with Gasteiger partial charge in [-0.15, -0.1) is 0 Å². The van der Waals surface area contributed by atoms with E-state index in [1.807, 2.05) is 66.1 Å². The first-order valence-electron chi connectivity index (χ1n) is 11.4. The molecule has 0 spiro atoms. The largest absolute Gasteiger partial charge is 0.385 e. The normalized spacial score (nSPS) is 8.13. The summed E-state index contributed by atoms with van der Waals surface area (Å²) in [6.45, 7) is 15.6. The molecule has 30 heavy (non-hydrogen) atoms. The van der Waals surface area contributed by atoms with Crippen molar-refractivity contribution in [3.8, 4) is 0 Å². The summed E-state index contributed by atoms with van der Waals surface area (Å²) in [6, 6.07) is 20.8. The second kappa shape index (κ2) is 34.7. The van der Waals surface area contributed by atoms with E-state index in [2.05, 4.69) is 66.2 Å². The average molecular weight is 420 g/mol. The zero-order valence-corrected chi connectivity index (χ0v) is 20.5. The van der Waals surface area contributed by atoms with Crippen molar-refractivity contribution in [2.45, 2.75) is 68.2 Å².